The Bertz CT molecular complexity index is 850. The van der Waals surface area contributed by atoms with Crippen LogP contribution < -0.4 is 14.9 Å². The fraction of sp³-hybridized carbons (Fsp3) is 0.286. The number of nitrogens with zero attached hydrogens (tertiary/aromatic N) is 2. The number of rotatable bonds is 5. The van der Waals surface area contributed by atoms with Crippen molar-refractivity contribution in [2.45, 2.75) is 25.0 Å². The number of fused-ring (bicyclic) bond motifs is 1. The van der Waals surface area contributed by atoms with Crippen LogP contribution in [0.3, 0.4) is 0 Å². The zero-order valence-corrected chi connectivity index (χ0v) is 15.5. The first-order valence-electron chi connectivity index (χ1n) is 8.98. The second-order valence-electron chi connectivity index (χ2n) is 6.73. The summed E-state index contributed by atoms with van der Waals surface area (Å²) in [6.45, 7) is 0.532. The first kappa shape index (κ1) is 17.4. The van der Waals surface area contributed by atoms with Crippen molar-refractivity contribution in [3.05, 3.63) is 72.1 Å². The van der Waals surface area contributed by atoms with Gasteiger partial charge in [0.05, 0.1) is 26.8 Å². The Kier molecular flexibility index (Phi) is 4.73. The van der Waals surface area contributed by atoms with Gasteiger partial charge in [0.2, 0.25) is 0 Å². The molecule has 1 amide bonds. The molecular formula is C21H23N3O3. The van der Waals surface area contributed by atoms with E-state index in [0.717, 1.165) is 29.0 Å². The van der Waals surface area contributed by atoms with Gasteiger partial charge in [0.25, 0.3) is 5.91 Å². The van der Waals surface area contributed by atoms with Crippen LogP contribution in [0.1, 0.15) is 23.6 Å². The van der Waals surface area contributed by atoms with Gasteiger partial charge in [0.15, 0.2) is 0 Å². The van der Waals surface area contributed by atoms with Crippen LogP contribution in [0.25, 0.3) is 0 Å². The van der Waals surface area contributed by atoms with E-state index in [-0.39, 0.29) is 18.0 Å². The number of hydrogen-bond donors (Lipinski definition) is 1. The van der Waals surface area contributed by atoms with Crippen LogP contribution in [0, 0.1) is 0 Å². The Hall–Kier alpha value is -2.99. The molecule has 1 fully saturated rings. The summed E-state index contributed by atoms with van der Waals surface area (Å²) in [6, 6.07) is 15.7. The predicted molar refractivity (Wildman–Crippen MR) is 102 cm³/mol. The maximum Gasteiger partial charge on any atom is 0.251 e. The van der Waals surface area contributed by atoms with Crippen LogP contribution in [-0.2, 0) is 11.3 Å². The summed E-state index contributed by atoms with van der Waals surface area (Å²) in [4.78, 5) is 14.8. The summed E-state index contributed by atoms with van der Waals surface area (Å²) in [5.41, 5.74) is 5.60. The molecule has 6 heteroatoms. The monoisotopic (exact) mass is 365 g/mol. The SMILES string of the molecule is COc1ccc(C2CC3C(=O)N(Cc4cccc(OC)c4)C=CN3N2)cc1. The number of amides is 1. The predicted octanol–water partition coefficient (Wildman–Crippen LogP) is 2.84. The molecule has 1 N–H and O–H groups in total. The molecule has 140 valence electrons. The van der Waals surface area contributed by atoms with Crippen molar-refractivity contribution >= 4 is 5.91 Å². The van der Waals surface area contributed by atoms with Gasteiger partial charge in [-0.05, 0) is 41.8 Å². The average molecular weight is 365 g/mol. The largest absolute Gasteiger partial charge is 0.497 e. The van der Waals surface area contributed by atoms with Gasteiger partial charge in [0, 0.05) is 12.4 Å². The lowest BCUT2D eigenvalue weighted by atomic mass is 10.0. The Morgan fingerprint density at radius 1 is 1.04 bits per heavy atom. The van der Waals surface area contributed by atoms with Crippen LogP contribution >= 0.6 is 0 Å². The molecule has 27 heavy (non-hydrogen) atoms. The van der Waals surface area contributed by atoms with Gasteiger partial charge < -0.3 is 19.4 Å². The fourth-order valence-electron chi connectivity index (χ4n) is 3.59. The Morgan fingerprint density at radius 2 is 1.81 bits per heavy atom. The summed E-state index contributed by atoms with van der Waals surface area (Å²) < 4.78 is 10.5. The molecular weight excluding hydrogens is 342 g/mol. The van der Waals surface area contributed by atoms with Crippen molar-refractivity contribution in [1.82, 2.24) is 15.3 Å². The second-order valence-corrected chi connectivity index (χ2v) is 6.73. The van der Waals surface area contributed by atoms with Crippen LogP contribution in [0.4, 0.5) is 0 Å². The summed E-state index contributed by atoms with van der Waals surface area (Å²) in [6.07, 6.45) is 4.50. The number of methoxy groups -OCH3 is 2. The van der Waals surface area contributed by atoms with E-state index in [2.05, 4.69) is 5.43 Å². The van der Waals surface area contributed by atoms with Gasteiger partial charge in [-0.1, -0.05) is 24.3 Å². The molecule has 2 aliphatic rings. The Labute approximate surface area is 158 Å². The number of carbonyl (C=O) groups excluding carboxylic acids is 1. The molecule has 2 heterocycles. The first-order valence-corrected chi connectivity index (χ1v) is 8.98. The number of hydrazine groups is 1. The zero-order chi connectivity index (χ0) is 18.8. The molecule has 2 aromatic rings. The van der Waals surface area contributed by atoms with Gasteiger partial charge in [-0.2, -0.15) is 0 Å². The molecule has 6 nitrogen and oxygen atoms in total. The van der Waals surface area contributed by atoms with Crippen LogP contribution in [-0.4, -0.2) is 36.1 Å². The van der Waals surface area contributed by atoms with E-state index in [9.17, 15) is 4.79 Å². The number of nitrogens with one attached hydrogen (secondary N) is 1. The number of hydrogen-bond acceptors (Lipinski definition) is 5. The highest BCUT2D eigenvalue weighted by atomic mass is 16.5. The molecule has 0 spiro atoms. The third kappa shape index (κ3) is 3.48. The highest BCUT2D eigenvalue weighted by molar-refractivity contribution is 5.84. The fourth-order valence-corrected chi connectivity index (χ4v) is 3.59. The molecule has 0 aliphatic carbocycles. The quantitative estimate of drug-likeness (QED) is 0.883. The molecule has 0 aromatic heterocycles. The number of benzene rings is 2. The Balaban J connectivity index is 1.46. The number of ether oxygens (including phenoxy) is 2. The van der Waals surface area contributed by atoms with Crippen molar-refractivity contribution in [3.8, 4) is 11.5 Å². The minimum atomic E-state index is -0.201. The molecule has 0 radical (unpaired) electrons. The van der Waals surface area contributed by atoms with Crippen LogP contribution in [0.5, 0.6) is 11.5 Å². The highest BCUT2D eigenvalue weighted by Gasteiger charge is 2.39. The summed E-state index contributed by atoms with van der Waals surface area (Å²) in [7, 11) is 3.30. The van der Waals surface area contributed by atoms with E-state index >= 15 is 0 Å². The van der Waals surface area contributed by atoms with E-state index in [0.29, 0.717) is 6.54 Å². The van der Waals surface area contributed by atoms with E-state index in [4.69, 9.17) is 9.47 Å². The molecule has 0 saturated carbocycles. The zero-order valence-electron chi connectivity index (χ0n) is 15.5. The van der Waals surface area contributed by atoms with Crippen molar-refractivity contribution in [1.29, 1.82) is 0 Å². The standard InChI is InChI=1S/C21H23N3O3/c1-26-17-8-6-16(7-9-17)19-13-20-21(25)23(10-11-24(20)22-19)14-15-4-3-5-18(12-15)27-2/h3-12,19-20,22H,13-14H2,1-2H3. The van der Waals surface area contributed by atoms with Gasteiger partial charge in [-0.3, -0.25) is 4.79 Å². The molecule has 1 saturated heterocycles. The lowest BCUT2D eigenvalue weighted by Crippen LogP contribution is -2.47. The smallest absolute Gasteiger partial charge is 0.251 e. The molecule has 2 atom stereocenters. The maximum absolute atomic E-state index is 13.0. The summed E-state index contributed by atoms with van der Waals surface area (Å²) in [5, 5.41) is 1.92. The maximum atomic E-state index is 13.0. The van der Waals surface area contributed by atoms with E-state index in [1.54, 1.807) is 19.1 Å². The normalized spacial score (nSPS) is 21.3. The van der Waals surface area contributed by atoms with E-state index in [1.165, 1.54) is 0 Å². The van der Waals surface area contributed by atoms with Gasteiger partial charge in [-0.25, -0.2) is 5.43 Å². The van der Waals surface area contributed by atoms with Crippen LogP contribution in [0.2, 0.25) is 0 Å². The molecule has 0 bridgehead atoms. The Morgan fingerprint density at radius 3 is 2.56 bits per heavy atom. The molecule has 2 aromatic carbocycles. The topological polar surface area (TPSA) is 54.0 Å². The van der Waals surface area contributed by atoms with Crippen molar-refractivity contribution in [2.75, 3.05) is 14.2 Å². The van der Waals surface area contributed by atoms with E-state index in [1.807, 2.05) is 65.9 Å². The van der Waals surface area contributed by atoms with Crippen molar-refractivity contribution < 1.29 is 14.3 Å². The van der Waals surface area contributed by atoms with Crippen molar-refractivity contribution in [2.24, 2.45) is 0 Å². The third-order valence-electron chi connectivity index (χ3n) is 5.08. The van der Waals surface area contributed by atoms with Crippen molar-refractivity contribution in [3.63, 3.8) is 0 Å². The molecule has 4 rings (SSSR count). The van der Waals surface area contributed by atoms with Gasteiger partial charge in [0.1, 0.15) is 17.5 Å². The number of carbonyl (C=O) groups is 1. The molecule has 2 aliphatic heterocycles. The minimum Gasteiger partial charge on any atom is -0.497 e. The minimum absolute atomic E-state index is 0.101. The average Bonchev–Trinajstić information content (AvgIpc) is 3.15. The summed E-state index contributed by atoms with van der Waals surface area (Å²) >= 11 is 0. The van der Waals surface area contributed by atoms with E-state index < -0.39 is 0 Å². The van der Waals surface area contributed by atoms with Gasteiger partial charge in [-0.15, -0.1) is 0 Å². The highest BCUT2D eigenvalue weighted by Crippen LogP contribution is 2.32. The summed E-state index contributed by atoms with van der Waals surface area (Å²) in [5.74, 6) is 1.73. The first-order chi connectivity index (χ1) is 13.2. The molecule has 2 unspecified atom stereocenters. The van der Waals surface area contributed by atoms with Gasteiger partial charge >= 0.3 is 0 Å². The lowest BCUT2D eigenvalue weighted by molar-refractivity contribution is -0.134. The lowest BCUT2D eigenvalue weighted by Gasteiger charge is -2.31. The second kappa shape index (κ2) is 7.32. The van der Waals surface area contributed by atoms with Crippen LogP contribution in [0.15, 0.2) is 60.9 Å². The third-order valence-corrected chi connectivity index (χ3v) is 5.08.